The van der Waals surface area contributed by atoms with Crippen LogP contribution in [-0.4, -0.2) is 48.1 Å². The maximum atomic E-state index is 12.5. The summed E-state index contributed by atoms with van der Waals surface area (Å²) in [6.45, 7) is 10.9. The van der Waals surface area contributed by atoms with E-state index in [0.29, 0.717) is 13.1 Å². The molecule has 0 spiro atoms. The van der Waals surface area contributed by atoms with Crippen molar-refractivity contribution in [3.8, 4) is 0 Å². The molecule has 4 heteroatoms. The zero-order chi connectivity index (χ0) is 15.4. The maximum Gasteiger partial charge on any atom is 0.320 e. The Morgan fingerprint density at radius 2 is 1.86 bits per heavy atom. The number of hydrogen-bond donors (Lipinski definition) is 0. The van der Waals surface area contributed by atoms with Gasteiger partial charge in [-0.3, -0.25) is 0 Å². The van der Waals surface area contributed by atoms with Gasteiger partial charge in [-0.05, 0) is 33.3 Å². The summed E-state index contributed by atoms with van der Waals surface area (Å²) in [7, 11) is 0. The molecule has 1 aromatic carbocycles. The van der Waals surface area contributed by atoms with E-state index in [0.717, 1.165) is 18.7 Å². The van der Waals surface area contributed by atoms with Gasteiger partial charge in [0.1, 0.15) is 6.10 Å². The van der Waals surface area contributed by atoms with Gasteiger partial charge in [-0.25, -0.2) is 4.79 Å². The SMILES string of the molecule is CCN(CC)C(=O)N1CC(C)OC(c2ccc(C)cc2)C1. The van der Waals surface area contributed by atoms with E-state index in [9.17, 15) is 4.79 Å². The Bertz CT molecular complexity index is 468. The molecule has 2 unspecified atom stereocenters. The molecule has 0 bridgehead atoms. The van der Waals surface area contributed by atoms with E-state index < -0.39 is 0 Å². The molecule has 1 fully saturated rings. The lowest BCUT2D eigenvalue weighted by Crippen LogP contribution is -2.51. The largest absolute Gasteiger partial charge is 0.367 e. The van der Waals surface area contributed by atoms with Crippen molar-refractivity contribution in [2.75, 3.05) is 26.2 Å². The standard InChI is InChI=1S/C17H26N2O2/c1-5-18(6-2)17(20)19-11-14(4)21-16(12-19)15-9-7-13(3)8-10-15/h7-10,14,16H,5-6,11-12H2,1-4H3. The Kier molecular flexibility index (Phi) is 5.23. The van der Waals surface area contributed by atoms with Crippen LogP contribution in [0.15, 0.2) is 24.3 Å². The zero-order valence-corrected chi connectivity index (χ0v) is 13.5. The number of carbonyl (C=O) groups excluding carboxylic acids is 1. The lowest BCUT2D eigenvalue weighted by atomic mass is 10.1. The second-order valence-electron chi connectivity index (χ2n) is 5.71. The molecule has 21 heavy (non-hydrogen) atoms. The highest BCUT2D eigenvalue weighted by molar-refractivity contribution is 5.74. The van der Waals surface area contributed by atoms with Crippen molar-refractivity contribution in [1.82, 2.24) is 9.80 Å². The normalized spacial score (nSPS) is 22.2. The number of morpholine rings is 1. The Labute approximate surface area is 127 Å². The molecule has 0 aliphatic carbocycles. The van der Waals surface area contributed by atoms with Crippen LogP contribution in [0.1, 0.15) is 38.0 Å². The lowest BCUT2D eigenvalue weighted by Gasteiger charge is -2.39. The first-order valence-corrected chi connectivity index (χ1v) is 7.81. The van der Waals surface area contributed by atoms with Gasteiger partial charge in [0.25, 0.3) is 0 Å². The quantitative estimate of drug-likeness (QED) is 0.856. The van der Waals surface area contributed by atoms with Crippen molar-refractivity contribution in [2.24, 2.45) is 0 Å². The summed E-state index contributed by atoms with van der Waals surface area (Å²) in [4.78, 5) is 16.3. The van der Waals surface area contributed by atoms with Gasteiger partial charge in [-0.15, -0.1) is 0 Å². The number of amides is 2. The molecule has 2 atom stereocenters. The Morgan fingerprint density at radius 3 is 2.43 bits per heavy atom. The van der Waals surface area contributed by atoms with Gasteiger partial charge in [-0.2, -0.15) is 0 Å². The first-order valence-electron chi connectivity index (χ1n) is 7.81. The summed E-state index contributed by atoms with van der Waals surface area (Å²) in [5.74, 6) is 0. The molecule has 0 aromatic heterocycles. The summed E-state index contributed by atoms with van der Waals surface area (Å²) in [5, 5.41) is 0. The summed E-state index contributed by atoms with van der Waals surface area (Å²) in [5.41, 5.74) is 2.38. The van der Waals surface area contributed by atoms with Crippen LogP contribution in [0, 0.1) is 6.92 Å². The third kappa shape index (κ3) is 3.76. The van der Waals surface area contributed by atoms with Crippen LogP contribution in [0.4, 0.5) is 4.79 Å². The average molecular weight is 290 g/mol. The van der Waals surface area contributed by atoms with Crippen LogP contribution in [0.5, 0.6) is 0 Å². The van der Waals surface area contributed by atoms with Gasteiger partial charge >= 0.3 is 6.03 Å². The number of nitrogens with zero attached hydrogens (tertiary/aromatic N) is 2. The molecule has 0 radical (unpaired) electrons. The third-order valence-electron chi connectivity index (χ3n) is 4.01. The van der Waals surface area contributed by atoms with E-state index in [4.69, 9.17) is 4.74 Å². The van der Waals surface area contributed by atoms with Gasteiger partial charge in [0, 0.05) is 19.6 Å². The van der Waals surface area contributed by atoms with E-state index in [1.807, 2.05) is 30.6 Å². The second kappa shape index (κ2) is 6.94. The minimum Gasteiger partial charge on any atom is -0.367 e. The molecule has 0 N–H and O–H groups in total. The van der Waals surface area contributed by atoms with Crippen molar-refractivity contribution in [3.05, 3.63) is 35.4 Å². The fourth-order valence-electron chi connectivity index (χ4n) is 2.77. The minimum atomic E-state index is -0.0335. The fourth-order valence-corrected chi connectivity index (χ4v) is 2.77. The second-order valence-corrected chi connectivity index (χ2v) is 5.71. The predicted molar refractivity (Wildman–Crippen MR) is 84.4 cm³/mol. The van der Waals surface area contributed by atoms with E-state index in [-0.39, 0.29) is 18.2 Å². The molecule has 2 rings (SSSR count). The molecule has 0 saturated carbocycles. The molecule has 2 amide bonds. The highest BCUT2D eigenvalue weighted by atomic mass is 16.5. The van der Waals surface area contributed by atoms with Crippen LogP contribution in [-0.2, 0) is 4.74 Å². The van der Waals surface area contributed by atoms with E-state index >= 15 is 0 Å². The monoisotopic (exact) mass is 290 g/mol. The van der Waals surface area contributed by atoms with Crippen molar-refractivity contribution in [3.63, 3.8) is 0 Å². The van der Waals surface area contributed by atoms with Crippen LogP contribution in [0.25, 0.3) is 0 Å². The molecule has 1 aromatic rings. The van der Waals surface area contributed by atoms with Crippen LogP contribution >= 0.6 is 0 Å². The van der Waals surface area contributed by atoms with E-state index in [2.05, 4.69) is 31.2 Å². The van der Waals surface area contributed by atoms with E-state index in [1.165, 1.54) is 5.56 Å². The Balaban J connectivity index is 2.12. The summed E-state index contributed by atoms with van der Waals surface area (Å²) >= 11 is 0. The van der Waals surface area contributed by atoms with E-state index in [1.54, 1.807) is 0 Å². The Morgan fingerprint density at radius 1 is 1.24 bits per heavy atom. The van der Waals surface area contributed by atoms with Gasteiger partial charge < -0.3 is 14.5 Å². The smallest absolute Gasteiger partial charge is 0.320 e. The Hall–Kier alpha value is -1.55. The number of benzene rings is 1. The average Bonchev–Trinajstić information content (AvgIpc) is 2.48. The molecular weight excluding hydrogens is 264 g/mol. The van der Waals surface area contributed by atoms with Crippen molar-refractivity contribution in [1.29, 1.82) is 0 Å². The highest BCUT2D eigenvalue weighted by Gasteiger charge is 2.30. The predicted octanol–water partition coefficient (Wildman–Crippen LogP) is 3.22. The molecule has 4 nitrogen and oxygen atoms in total. The third-order valence-corrected chi connectivity index (χ3v) is 4.01. The van der Waals surface area contributed by atoms with Crippen LogP contribution in [0.2, 0.25) is 0 Å². The topological polar surface area (TPSA) is 32.8 Å². The van der Waals surface area contributed by atoms with Crippen molar-refractivity contribution in [2.45, 2.75) is 39.9 Å². The summed E-state index contributed by atoms with van der Waals surface area (Å²) in [6.07, 6.45) is 0.0263. The number of hydrogen-bond acceptors (Lipinski definition) is 2. The number of urea groups is 1. The molecule has 1 saturated heterocycles. The van der Waals surface area contributed by atoms with Crippen molar-refractivity contribution >= 4 is 6.03 Å². The zero-order valence-electron chi connectivity index (χ0n) is 13.5. The minimum absolute atomic E-state index is 0.0335. The number of aryl methyl sites for hydroxylation is 1. The fraction of sp³-hybridized carbons (Fsp3) is 0.588. The maximum absolute atomic E-state index is 12.5. The molecule has 116 valence electrons. The van der Waals surface area contributed by atoms with Gasteiger partial charge in [0.05, 0.1) is 12.6 Å². The molecule has 1 aliphatic heterocycles. The summed E-state index contributed by atoms with van der Waals surface area (Å²) in [6, 6.07) is 8.49. The van der Waals surface area contributed by atoms with Crippen LogP contribution in [0.3, 0.4) is 0 Å². The first kappa shape index (κ1) is 15.8. The highest BCUT2D eigenvalue weighted by Crippen LogP contribution is 2.26. The molecular formula is C17H26N2O2. The number of rotatable bonds is 3. The van der Waals surface area contributed by atoms with Crippen LogP contribution < -0.4 is 0 Å². The number of ether oxygens (including phenoxy) is 1. The summed E-state index contributed by atoms with van der Waals surface area (Å²) < 4.78 is 6.03. The van der Waals surface area contributed by atoms with Crippen molar-refractivity contribution < 1.29 is 9.53 Å². The molecule has 1 heterocycles. The molecule has 1 aliphatic rings. The van der Waals surface area contributed by atoms with Gasteiger partial charge in [0.15, 0.2) is 0 Å². The first-order chi connectivity index (χ1) is 10.0. The van der Waals surface area contributed by atoms with Gasteiger partial charge in [-0.1, -0.05) is 29.8 Å². The number of carbonyl (C=O) groups is 1. The lowest BCUT2D eigenvalue weighted by molar-refractivity contribution is -0.0688. The van der Waals surface area contributed by atoms with Gasteiger partial charge in [0.2, 0.25) is 0 Å².